The Morgan fingerprint density at radius 1 is 1.19 bits per heavy atom. The van der Waals surface area contributed by atoms with Crippen LogP contribution in [-0.2, 0) is 9.59 Å². The summed E-state index contributed by atoms with van der Waals surface area (Å²) in [4.78, 5) is 42.5. The Hall–Kier alpha value is -4.26. The molecule has 0 radical (unpaired) electrons. The molecule has 3 aromatic rings. The second-order valence-corrected chi connectivity index (χ2v) is 8.60. The molecule has 37 heavy (non-hydrogen) atoms. The summed E-state index contributed by atoms with van der Waals surface area (Å²) in [6.45, 7) is 3.25. The summed E-state index contributed by atoms with van der Waals surface area (Å²) in [6.07, 6.45) is 0.568. The molecule has 13 heteroatoms. The fourth-order valence-electron chi connectivity index (χ4n) is 4.18. The lowest BCUT2D eigenvalue weighted by atomic mass is 9.99. The molecule has 0 saturated carbocycles. The van der Waals surface area contributed by atoms with E-state index < -0.39 is 28.6 Å². The molecule has 1 unspecified atom stereocenters. The first-order valence-corrected chi connectivity index (χ1v) is 12.5. The van der Waals surface area contributed by atoms with E-state index >= 15 is 0 Å². The third-order valence-electron chi connectivity index (χ3n) is 5.77. The highest BCUT2D eigenvalue weighted by molar-refractivity contribution is 7.98. The van der Waals surface area contributed by atoms with Crippen molar-refractivity contribution < 1.29 is 33.8 Å². The molecular weight excluding hydrogens is 502 g/mol. The Labute approximate surface area is 216 Å². The van der Waals surface area contributed by atoms with Crippen LogP contribution in [0.1, 0.15) is 38.4 Å². The highest BCUT2D eigenvalue weighted by Gasteiger charge is 2.48. The molecule has 1 amide bonds. The van der Waals surface area contributed by atoms with Gasteiger partial charge in [-0.3, -0.25) is 19.7 Å². The van der Waals surface area contributed by atoms with Gasteiger partial charge in [0.05, 0.1) is 29.2 Å². The van der Waals surface area contributed by atoms with Crippen LogP contribution < -0.4 is 24.2 Å². The molecule has 192 valence electrons. The predicted molar refractivity (Wildman–Crippen MR) is 130 cm³/mol. The summed E-state index contributed by atoms with van der Waals surface area (Å²) < 4.78 is 11.9. The molecule has 1 aliphatic rings. The quantitative estimate of drug-likeness (QED) is 0.112. The maximum Gasteiger partial charge on any atom is 0.326 e. The number of nitro benzene ring substituents is 1. The minimum absolute atomic E-state index is 0.00542. The van der Waals surface area contributed by atoms with E-state index in [9.17, 15) is 24.8 Å². The number of thioether (sulfide) groups is 1. The van der Waals surface area contributed by atoms with Crippen LogP contribution in [0.25, 0.3) is 11.3 Å². The number of benzene rings is 2. The van der Waals surface area contributed by atoms with E-state index in [1.54, 1.807) is 44.4 Å². The van der Waals surface area contributed by atoms with Crippen LogP contribution in [0.3, 0.4) is 0 Å². The van der Waals surface area contributed by atoms with E-state index in [1.165, 1.54) is 28.8 Å². The SMILES string of the molecule is CCC(=O)Oc1ccc(C2N(C(=O)CC)c3ccccc3-c3c([O-])nc(SC)n[n+]32)c([N+](=O)[O-])c1OC. The van der Waals surface area contributed by atoms with Crippen molar-refractivity contribution in [2.45, 2.75) is 38.0 Å². The Morgan fingerprint density at radius 2 is 1.92 bits per heavy atom. The van der Waals surface area contributed by atoms with Crippen molar-refractivity contribution >= 4 is 35.0 Å². The van der Waals surface area contributed by atoms with Crippen molar-refractivity contribution in [2.75, 3.05) is 18.3 Å². The van der Waals surface area contributed by atoms with Crippen molar-refractivity contribution in [1.82, 2.24) is 10.1 Å². The Bertz CT molecular complexity index is 1410. The van der Waals surface area contributed by atoms with Crippen LogP contribution in [0.5, 0.6) is 17.4 Å². The number of rotatable bonds is 7. The topological polar surface area (TPSA) is 152 Å². The average Bonchev–Trinajstić information content (AvgIpc) is 2.90. The van der Waals surface area contributed by atoms with Gasteiger partial charge in [0.15, 0.2) is 5.75 Å². The normalized spacial score (nSPS) is 13.9. The molecule has 2 heterocycles. The average molecular weight is 526 g/mol. The molecule has 0 aliphatic carbocycles. The lowest BCUT2D eigenvalue weighted by Gasteiger charge is -2.33. The van der Waals surface area contributed by atoms with Gasteiger partial charge in [0.1, 0.15) is 5.56 Å². The van der Waals surface area contributed by atoms with E-state index in [2.05, 4.69) is 10.1 Å². The van der Waals surface area contributed by atoms with Gasteiger partial charge < -0.3 is 14.6 Å². The van der Waals surface area contributed by atoms with Crippen molar-refractivity contribution in [3.05, 3.63) is 52.1 Å². The van der Waals surface area contributed by atoms with Crippen LogP contribution in [0, 0.1) is 10.1 Å². The number of hydrogen-bond donors (Lipinski definition) is 0. The van der Waals surface area contributed by atoms with E-state index in [4.69, 9.17) is 9.47 Å². The molecule has 1 aromatic heterocycles. The van der Waals surface area contributed by atoms with Crippen molar-refractivity contribution in [3.8, 4) is 28.6 Å². The summed E-state index contributed by atoms with van der Waals surface area (Å²) >= 11 is 1.12. The predicted octanol–water partition coefficient (Wildman–Crippen LogP) is 2.76. The fraction of sp³-hybridized carbons (Fsp3) is 0.292. The standard InChI is InChI=1S/C24H23N5O7S/c1-5-17(30)27-15-10-8-7-9-13(15)20-22(32)25-24(37-4)26-28(20)23(27)14-11-12-16(36-18(31)6-2)21(35-3)19(14)29(33)34/h7-12,23H,5-6H2,1-4H3. The maximum absolute atomic E-state index is 13.4. The number of carbonyl (C=O) groups is 2. The number of aromatic nitrogens is 3. The first-order valence-electron chi connectivity index (χ1n) is 11.3. The first kappa shape index (κ1) is 25.8. The van der Waals surface area contributed by atoms with Gasteiger partial charge in [-0.1, -0.05) is 42.4 Å². The largest absolute Gasteiger partial charge is 0.854 e. The van der Waals surface area contributed by atoms with E-state index in [0.717, 1.165) is 11.8 Å². The number of methoxy groups -OCH3 is 1. The molecule has 0 N–H and O–H groups in total. The number of esters is 1. The highest BCUT2D eigenvalue weighted by Crippen LogP contribution is 2.47. The summed E-state index contributed by atoms with van der Waals surface area (Å²) in [7, 11) is 1.21. The smallest absolute Gasteiger partial charge is 0.326 e. The molecule has 0 spiro atoms. The van der Waals surface area contributed by atoms with Gasteiger partial charge in [-0.25, -0.2) is 9.88 Å². The Balaban J connectivity index is 2.10. The Kier molecular flexibility index (Phi) is 7.25. The molecule has 12 nitrogen and oxygen atoms in total. The minimum atomic E-state index is -1.23. The van der Waals surface area contributed by atoms with Gasteiger partial charge in [-0.15, -0.1) is 0 Å². The minimum Gasteiger partial charge on any atom is -0.854 e. The van der Waals surface area contributed by atoms with Gasteiger partial charge in [-0.2, -0.15) is 0 Å². The lowest BCUT2D eigenvalue weighted by Crippen LogP contribution is -2.59. The van der Waals surface area contributed by atoms with Crippen LogP contribution in [-0.4, -0.2) is 40.2 Å². The summed E-state index contributed by atoms with van der Waals surface area (Å²) in [5.74, 6) is -2.00. The fourth-order valence-corrected chi connectivity index (χ4v) is 4.52. The lowest BCUT2D eigenvalue weighted by molar-refractivity contribution is -0.764. The second kappa shape index (κ2) is 10.4. The van der Waals surface area contributed by atoms with Crippen LogP contribution in [0.15, 0.2) is 41.6 Å². The van der Waals surface area contributed by atoms with E-state index in [-0.39, 0.29) is 46.7 Å². The Morgan fingerprint density at radius 3 is 2.54 bits per heavy atom. The third-order valence-corrected chi connectivity index (χ3v) is 6.31. The zero-order valence-electron chi connectivity index (χ0n) is 20.5. The summed E-state index contributed by atoms with van der Waals surface area (Å²) in [6, 6.07) is 9.46. The molecule has 0 fully saturated rings. The monoisotopic (exact) mass is 525 g/mol. The summed E-state index contributed by atoms with van der Waals surface area (Å²) in [5.41, 5.74) is 0.351. The molecule has 2 aromatic carbocycles. The van der Waals surface area contributed by atoms with Gasteiger partial charge >= 0.3 is 11.7 Å². The van der Waals surface area contributed by atoms with Crippen LogP contribution in [0.4, 0.5) is 11.4 Å². The number of nitrogens with zero attached hydrogens (tertiary/aromatic N) is 5. The van der Waals surface area contributed by atoms with Crippen LogP contribution in [0.2, 0.25) is 0 Å². The van der Waals surface area contributed by atoms with Crippen LogP contribution >= 0.6 is 11.8 Å². The van der Waals surface area contributed by atoms with Gasteiger partial charge in [0.2, 0.25) is 11.7 Å². The number of anilines is 1. The third kappa shape index (κ3) is 4.42. The molecule has 1 aliphatic heterocycles. The van der Waals surface area contributed by atoms with E-state index in [0.29, 0.717) is 11.3 Å². The number of ether oxygens (including phenoxy) is 2. The number of amides is 1. The highest BCUT2D eigenvalue weighted by atomic mass is 32.2. The zero-order chi connectivity index (χ0) is 26.9. The van der Waals surface area contributed by atoms with Gasteiger partial charge in [0, 0.05) is 17.9 Å². The summed E-state index contributed by atoms with van der Waals surface area (Å²) in [5, 5.41) is 30.2. The number of fused-ring (bicyclic) bond motifs is 3. The molecule has 0 saturated heterocycles. The molecular formula is C24H23N5O7S. The number of para-hydroxylation sites is 1. The first-order chi connectivity index (χ1) is 17.8. The van der Waals surface area contributed by atoms with Gasteiger partial charge in [-0.05, 0) is 30.5 Å². The number of nitro groups is 1. The van der Waals surface area contributed by atoms with Crippen molar-refractivity contribution in [2.24, 2.45) is 0 Å². The van der Waals surface area contributed by atoms with Crippen molar-refractivity contribution in [3.63, 3.8) is 0 Å². The molecule has 1 atom stereocenters. The number of hydrogen-bond acceptors (Lipinski definition) is 10. The molecule has 4 rings (SSSR count). The number of carbonyl (C=O) groups excluding carboxylic acids is 2. The maximum atomic E-state index is 13.4. The van der Waals surface area contributed by atoms with E-state index in [1.807, 2.05) is 0 Å². The second-order valence-electron chi connectivity index (χ2n) is 7.82. The van der Waals surface area contributed by atoms with Gasteiger partial charge in [0.25, 0.3) is 17.0 Å². The molecule has 0 bridgehead atoms. The zero-order valence-corrected chi connectivity index (χ0v) is 21.3. The van der Waals surface area contributed by atoms with Crippen molar-refractivity contribution in [1.29, 1.82) is 0 Å².